The van der Waals surface area contributed by atoms with Crippen LogP contribution in [0, 0.1) is 0 Å². The Balaban J connectivity index is 0.000000353. The third-order valence-corrected chi connectivity index (χ3v) is 12.3. The summed E-state index contributed by atoms with van der Waals surface area (Å²) in [6.45, 7) is 3.58. The van der Waals surface area contributed by atoms with Gasteiger partial charge in [-0.1, -0.05) is 170 Å². The molecule has 2 amide bonds. The van der Waals surface area contributed by atoms with Crippen LogP contribution in [0.3, 0.4) is 0 Å². The number of hydrogen-bond donors (Lipinski definition) is 6. The van der Waals surface area contributed by atoms with Gasteiger partial charge in [0.05, 0.1) is 48.5 Å². The third-order valence-electron chi connectivity index (χ3n) is 12.3. The van der Waals surface area contributed by atoms with Crippen molar-refractivity contribution in [3.63, 3.8) is 0 Å². The molecule has 2 aliphatic rings. The number of aliphatic imine (C=N–C) groups is 2. The molecule has 4 atom stereocenters. The molecule has 2 heterocycles. The molecule has 2 saturated heterocycles. The number of aliphatic hydroxyl groups is 2. The van der Waals surface area contributed by atoms with Crippen LogP contribution in [0.25, 0.3) is 10.6 Å². The zero-order valence-electron chi connectivity index (χ0n) is 43.0. The van der Waals surface area contributed by atoms with Crippen molar-refractivity contribution in [3.8, 4) is 0 Å². The van der Waals surface area contributed by atoms with Crippen molar-refractivity contribution >= 4 is 59.3 Å². The number of carboxylic acid groups (broad SMARTS) is 3. The molecule has 418 valence electrons. The van der Waals surface area contributed by atoms with Gasteiger partial charge in [-0.2, -0.15) is 0 Å². The smallest absolute Gasteiger partial charge is 0.625 e. The van der Waals surface area contributed by atoms with Gasteiger partial charge in [-0.25, -0.2) is 4.79 Å². The fourth-order valence-electron chi connectivity index (χ4n) is 8.53. The van der Waals surface area contributed by atoms with E-state index in [0.29, 0.717) is 52.6 Å². The summed E-state index contributed by atoms with van der Waals surface area (Å²) < 4.78 is 0. The molecular formula is C59H63N7Ni2O11+2. The third kappa shape index (κ3) is 20.3. The fraction of sp³-hybridized carbons (Fsp3) is 0.254. The second-order valence-electron chi connectivity index (χ2n) is 17.6. The summed E-state index contributed by atoms with van der Waals surface area (Å²) in [7, 11) is 0. The number of amides is 2. The largest absolute Gasteiger partial charge is 2.00 e. The van der Waals surface area contributed by atoms with Gasteiger partial charge in [0, 0.05) is 24.2 Å². The first-order valence-corrected chi connectivity index (χ1v) is 24.8. The maximum Gasteiger partial charge on any atom is 2.00 e. The van der Waals surface area contributed by atoms with Gasteiger partial charge < -0.3 is 56.3 Å². The maximum absolute atomic E-state index is 13.3. The Hall–Kier alpha value is -7.53. The molecular weight excluding hydrogens is 1100 g/mol. The first kappa shape index (κ1) is 65.7. The number of nitrogens with zero attached hydrogens (tertiary/aromatic N) is 6. The van der Waals surface area contributed by atoms with E-state index < -0.39 is 43.2 Å². The Morgan fingerprint density at radius 1 is 0.544 bits per heavy atom. The van der Waals surface area contributed by atoms with Gasteiger partial charge in [-0.3, -0.25) is 29.4 Å². The number of para-hydroxylation sites is 2. The van der Waals surface area contributed by atoms with E-state index in [1.165, 1.54) is 5.56 Å². The maximum atomic E-state index is 13.3. The first-order valence-electron chi connectivity index (χ1n) is 24.8. The number of rotatable bonds is 19. The van der Waals surface area contributed by atoms with Crippen LogP contribution in [0.4, 0.5) is 11.4 Å². The van der Waals surface area contributed by atoms with Crippen LogP contribution in [0.15, 0.2) is 180 Å². The molecule has 6 aromatic rings. The van der Waals surface area contributed by atoms with E-state index >= 15 is 0 Å². The predicted octanol–water partition coefficient (Wildman–Crippen LogP) is 7.17. The van der Waals surface area contributed by atoms with E-state index in [1.54, 1.807) is 30.3 Å². The van der Waals surface area contributed by atoms with E-state index in [9.17, 15) is 39.3 Å². The normalized spacial score (nSPS) is 15.7. The van der Waals surface area contributed by atoms with E-state index in [-0.39, 0.29) is 63.4 Å². The van der Waals surface area contributed by atoms with Gasteiger partial charge >= 0.3 is 50.9 Å². The van der Waals surface area contributed by atoms with Gasteiger partial charge in [0.15, 0.2) is 6.04 Å². The van der Waals surface area contributed by atoms with Gasteiger partial charge in [0.25, 0.3) is 0 Å². The SMILES string of the molecule is C=O.N[C@@H](CO)C(=O)O.O=C(O)CN=C(c1ccccc1)c1ccccc1[N-]C(=O)[C@@H]1CCCN1Cc1ccccc1.O=C(O)[C@H](CO)N=C(c1ccccc1)c1ccccc1[N-]C(=O)[C@@H]1CCCN1Cc1ccccc1.[Ni+2].[Ni+2]. The Bertz CT molecular complexity index is 2910. The van der Waals surface area contributed by atoms with Gasteiger partial charge in [0.2, 0.25) is 0 Å². The quantitative estimate of drug-likeness (QED) is 0.0346. The molecule has 0 bridgehead atoms. The molecule has 0 aromatic heterocycles. The molecule has 0 aliphatic carbocycles. The molecule has 0 spiro atoms. The van der Waals surface area contributed by atoms with Crippen molar-refractivity contribution in [1.82, 2.24) is 9.80 Å². The van der Waals surface area contributed by atoms with Crippen molar-refractivity contribution in [3.05, 3.63) is 214 Å². The Morgan fingerprint density at radius 2 is 0.924 bits per heavy atom. The number of hydrogen-bond acceptors (Lipinski definition) is 13. The Kier molecular flexibility index (Phi) is 29.2. The minimum Gasteiger partial charge on any atom is -0.625 e. The molecule has 2 aliphatic heterocycles. The van der Waals surface area contributed by atoms with Crippen LogP contribution >= 0.6 is 0 Å². The van der Waals surface area contributed by atoms with Crippen LogP contribution in [-0.2, 0) is 74.8 Å². The molecule has 2 fully saturated rings. The van der Waals surface area contributed by atoms with Crippen molar-refractivity contribution in [2.75, 3.05) is 32.8 Å². The summed E-state index contributed by atoms with van der Waals surface area (Å²) in [5.74, 6) is -3.83. The summed E-state index contributed by atoms with van der Waals surface area (Å²) in [4.78, 5) is 80.1. The molecule has 0 saturated carbocycles. The molecule has 0 unspecified atom stereocenters. The van der Waals surface area contributed by atoms with E-state index in [4.69, 9.17) is 20.7 Å². The first-order chi connectivity index (χ1) is 37.4. The number of aliphatic carboxylic acids is 3. The van der Waals surface area contributed by atoms with Crippen LogP contribution in [0.5, 0.6) is 0 Å². The van der Waals surface area contributed by atoms with E-state index in [0.717, 1.165) is 49.9 Å². The van der Waals surface area contributed by atoms with Crippen LogP contribution in [0.2, 0.25) is 0 Å². The summed E-state index contributed by atoms with van der Waals surface area (Å²) in [6.07, 6.45) is 3.39. The summed E-state index contributed by atoms with van der Waals surface area (Å²) in [5, 5.41) is 53.1. The van der Waals surface area contributed by atoms with Crippen molar-refractivity contribution in [2.24, 2.45) is 15.7 Å². The van der Waals surface area contributed by atoms with Gasteiger partial charge in [0.1, 0.15) is 19.4 Å². The summed E-state index contributed by atoms with van der Waals surface area (Å²) in [6, 6.07) is 50.0. The number of benzene rings is 6. The molecule has 6 aromatic carbocycles. The molecule has 7 N–H and O–H groups in total. The number of carbonyl (C=O) groups is 6. The summed E-state index contributed by atoms with van der Waals surface area (Å²) in [5.41, 5.74) is 11.5. The van der Waals surface area contributed by atoms with Crippen molar-refractivity contribution < 1.29 is 87.3 Å². The van der Waals surface area contributed by atoms with Crippen LogP contribution in [-0.4, -0.2) is 140 Å². The number of nitrogens with two attached hydrogens (primary N) is 1. The second-order valence-corrected chi connectivity index (χ2v) is 17.6. The zero-order chi connectivity index (χ0) is 55.5. The van der Waals surface area contributed by atoms with E-state index in [2.05, 4.69) is 54.7 Å². The topological polar surface area (TPSA) is 289 Å². The number of likely N-dealkylation sites (tertiary alicyclic amines) is 2. The fourth-order valence-corrected chi connectivity index (χ4v) is 8.53. The monoisotopic (exact) mass is 1160 g/mol. The molecule has 8 rings (SSSR count). The Morgan fingerprint density at radius 3 is 1.29 bits per heavy atom. The average molecular weight is 1160 g/mol. The van der Waals surface area contributed by atoms with Crippen LogP contribution < -0.4 is 5.73 Å². The summed E-state index contributed by atoms with van der Waals surface area (Å²) >= 11 is 0. The van der Waals surface area contributed by atoms with Gasteiger partial charge in [-0.15, -0.1) is 11.4 Å². The minimum absolute atomic E-state index is 0. The van der Waals surface area contributed by atoms with Crippen LogP contribution in [0.1, 0.15) is 59.1 Å². The minimum atomic E-state index is -1.33. The van der Waals surface area contributed by atoms with Crippen molar-refractivity contribution in [1.29, 1.82) is 0 Å². The number of aliphatic hydroxyl groups excluding tert-OH is 2. The molecule has 0 radical (unpaired) electrons. The molecule has 18 nitrogen and oxygen atoms in total. The molecule has 79 heavy (non-hydrogen) atoms. The van der Waals surface area contributed by atoms with E-state index in [1.807, 2.05) is 122 Å². The number of carboxylic acids is 3. The van der Waals surface area contributed by atoms with Crippen molar-refractivity contribution in [2.45, 2.75) is 62.9 Å². The Labute approximate surface area is 479 Å². The van der Waals surface area contributed by atoms with Gasteiger partial charge in [-0.05, 0) is 61.0 Å². The molecule has 20 heteroatoms. The average Bonchev–Trinajstić information content (AvgIpc) is 4.16. The standard InChI is InChI=1S/C28H29N3O4.C27H27N3O3.C3H7NO3.CH2O.2Ni/c32-19-24(28(34)35)29-26(21-12-5-2-6-13-21)22-14-7-8-15-23(22)30-27(33)25-16-9-17-31(25)18-20-10-3-1-4-11-20;31-25(32)18-28-26(21-12-5-2-6-13-21)22-14-7-8-15-23(22)29-27(33)24-16-9-17-30(24)19-20-10-3-1-4-11-20;4-2(1-5)3(6)7;1-2;;/h1-8,10-15,24-25,32H,9,16-19H2,(H2,29,30,33,34,35);1-8,10-15,24H,9,16-19H2,(H2,28,29,31,32,33);2,5H,1,4H2,(H,6,7);1H2;;/q;;;;2*+2/p-2/t24-,25-;24-;2-;;;/m000.../s1. The second kappa shape index (κ2) is 35.1. The zero-order valence-corrected chi connectivity index (χ0v) is 45.0. The number of carbonyl (C=O) groups excluding carboxylic acids is 3. The predicted molar refractivity (Wildman–Crippen MR) is 294 cm³/mol.